The Bertz CT molecular complexity index is 643. The summed E-state index contributed by atoms with van der Waals surface area (Å²) in [5.41, 5.74) is 7.03. The minimum absolute atomic E-state index is 0.346. The second-order valence-electron chi connectivity index (χ2n) is 4.25. The number of nitrogen functional groups attached to an aromatic ring is 1. The Morgan fingerprint density at radius 1 is 1.24 bits per heavy atom. The van der Waals surface area contributed by atoms with Crippen LogP contribution in [0.5, 0.6) is 5.75 Å². The van der Waals surface area contributed by atoms with Gasteiger partial charge in [0.25, 0.3) is 0 Å². The topological polar surface area (TPSA) is 61.5 Å². The summed E-state index contributed by atoms with van der Waals surface area (Å²) in [6, 6.07) is 12.9. The number of carbonyl (C=O) groups excluding carboxylic acids is 1. The third-order valence-corrected chi connectivity index (χ3v) is 3.87. The number of rotatable bonds is 5. The zero-order valence-electron chi connectivity index (χ0n) is 12.0. The average Bonchev–Trinajstić information content (AvgIpc) is 2.49. The molecular weight excluding hydrogens is 286 g/mol. The maximum atomic E-state index is 11.6. The molecule has 0 aliphatic carbocycles. The number of methoxy groups -OCH3 is 1. The number of benzene rings is 2. The lowest BCUT2D eigenvalue weighted by atomic mass is 10.2. The summed E-state index contributed by atoms with van der Waals surface area (Å²) in [6.45, 7) is 2.12. The van der Waals surface area contributed by atoms with E-state index in [1.54, 1.807) is 26.2 Å². The smallest absolute Gasteiger partial charge is 0.338 e. The number of hydrogen-bond donors (Lipinski definition) is 1. The first-order chi connectivity index (χ1) is 10.1. The second kappa shape index (κ2) is 7.04. The summed E-state index contributed by atoms with van der Waals surface area (Å²) in [4.78, 5) is 13.6. The fraction of sp³-hybridized carbons (Fsp3) is 0.188. The predicted molar refractivity (Wildman–Crippen MR) is 83.9 cm³/mol. The van der Waals surface area contributed by atoms with Gasteiger partial charge in [-0.25, -0.2) is 4.79 Å². The Morgan fingerprint density at radius 2 is 2.05 bits per heavy atom. The van der Waals surface area contributed by atoms with E-state index in [4.69, 9.17) is 15.2 Å². The standard InChI is InChI=1S/C16H17NO3S/c1-3-20-16(18)11-7-8-15(14(17)9-11)21-13-6-4-5-12(10-13)19-2/h4-10H,3,17H2,1-2H3. The summed E-state index contributed by atoms with van der Waals surface area (Å²) in [6.07, 6.45) is 0. The van der Waals surface area contributed by atoms with E-state index >= 15 is 0 Å². The molecule has 0 heterocycles. The highest BCUT2D eigenvalue weighted by atomic mass is 32.2. The maximum Gasteiger partial charge on any atom is 0.338 e. The number of carbonyl (C=O) groups is 1. The fourth-order valence-corrected chi connectivity index (χ4v) is 2.66. The largest absolute Gasteiger partial charge is 0.497 e. The predicted octanol–water partition coefficient (Wildman–Crippen LogP) is 3.61. The Labute approximate surface area is 128 Å². The van der Waals surface area contributed by atoms with Crippen molar-refractivity contribution in [1.29, 1.82) is 0 Å². The second-order valence-corrected chi connectivity index (χ2v) is 5.37. The Hall–Kier alpha value is -2.14. The quantitative estimate of drug-likeness (QED) is 0.675. The third-order valence-electron chi connectivity index (χ3n) is 2.79. The molecule has 0 aliphatic rings. The summed E-state index contributed by atoms with van der Waals surface area (Å²) < 4.78 is 10.1. The first kappa shape index (κ1) is 15.3. The SMILES string of the molecule is CCOC(=O)c1ccc(Sc2cccc(OC)c2)c(N)c1. The van der Waals surface area contributed by atoms with Crippen molar-refractivity contribution in [1.82, 2.24) is 0 Å². The summed E-state index contributed by atoms with van der Waals surface area (Å²) in [5, 5.41) is 0. The van der Waals surface area contributed by atoms with Crippen LogP contribution in [0, 0.1) is 0 Å². The van der Waals surface area contributed by atoms with Crippen LogP contribution >= 0.6 is 11.8 Å². The lowest BCUT2D eigenvalue weighted by molar-refractivity contribution is 0.0526. The molecule has 2 aromatic carbocycles. The Morgan fingerprint density at radius 3 is 2.71 bits per heavy atom. The van der Waals surface area contributed by atoms with E-state index in [9.17, 15) is 4.79 Å². The van der Waals surface area contributed by atoms with E-state index in [2.05, 4.69) is 0 Å². The molecule has 0 fully saturated rings. The Balaban J connectivity index is 2.19. The maximum absolute atomic E-state index is 11.6. The number of ether oxygens (including phenoxy) is 2. The van der Waals surface area contributed by atoms with Gasteiger partial charge >= 0.3 is 5.97 Å². The molecule has 0 unspecified atom stereocenters. The molecule has 0 atom stereocenters. The van der Waals surface area contributed by atoms with Gasteiger partial charge in [-0.05, 0) is 43.3 Å². The molecule has 2 aromatic rings. The highest BCUT2D eigenvalue weighted by Gasteiger charge is 2.10. The van der Waals surface area contributed by atoms with Crippen LogP contribution in [-0.4, -0.2) is 19.7 Å². The molecule has 4 nitrogen and oxygen atoms in total. The molecule has 0 spiro atoms. The van der Waals surface area contributed by atoms with Crippen molar-refractivity contribution in [2.75, 3.05) is 19.5 Å². The molecule has 0 radical (unpaired) electrons. The molecular formula is C16H17NO3S. The third kappa shape index (κ3) is 3.92. The average molecular weight is 303 g/mol. The van der Waals surface area contributed by atoms with Gasteiger partial charge in [-0.2, -0.15) is 0 Å². The summed E-state index contributed by atoms with van der Waals surface area (Å²) in [5.74, 6) is 0.434. The van der Waals surface area contributed by atoms with Crippen molar-refractivity contribution in [3.8, 4) is 5.75 Å². The van der Waals surface area contributed by atoms with Gasteiger partial charge in [0, 0.05) is 15.5 Å². The van der Waals surface area contributed by atoms with Gasteiger partial charge in [0.15, 0.2) is 0 Å². The first-order valence-corrected chi connectivity index (χ1v) is 7.34. The van der Waals surface area contributed by atoms with Crippen molar-refractivity contribution >= 4 is 23.4 Å². The summed E-state index contributed by atoms with van der Waals surface area (Å²) >= 11 is 1.52. The van der Waals surface area contributed by atoms with Crippen molar-refractivity contribution in [3.05, 3.63) is 48.0 Å². The van der Waals surface area contributed by atoms with Crippen LogP contribution in [0.1, 0.15) is 17.3 Å². The van der Waals surface area contributed by atoms with Gasteiger partial charge in [-0.3, -0.25) is 0 Å². The molecule has 0 saturated carbocycles. The minimum Gasteiger partial charge on any atom is -0.497 e. The van der Waals surface area contributed by atoms with Crippen LogP contribution in [0.25, 0.3) is 0 Å². The van der Waals surface area contributed by atoms with E-state index in [-0.39, 0.29) is 5.97 Å². The normalized spacial score (nSPS) is 10.2. The van der Waals surface area contributed by atoms with Gasteiger partial charge in [0.2, 0.25) is 0 Å². The van der Waals surface area contributed by atoms with Crippen LogP contribution in [0.2, 0.25) is 0 Å². The number of anilines is 1. The van der Waals surface area contributed by atoms with Crippen LogP contribution in [0.3, 0.4) is 0 Å². The molecule has 0 aliphatic heterocycles. The lowest BCUT2D eigenvalue weighted by Crippen LogP contribution is -2.05. The van der Waals surface area contributed by atoms with Crippen molar-refractivity contribution in [2.45, 2.75) is 16.7 Å². The number of nitrogens with two attached hydrogens (primary N) is 1. The van der Waals surface area contributed by atoms with Crippen LogP contribution < -0.4 is 10.5 Å². The van der Waals surface area contributed by atoms with Gasteiger partial charge < -0.3 is 15.2 Å². The number of esters is 1. The number of hydrogen-bond acceptors (Lipinski definition) is 5. The fourth-order valence-electron chi connectivity index (χ4n) is 1.77. The van der Waals surface area contributed by atoms with Gasteiger partial charge in [-0.1, -0.05) is 17.8 Å². The Kier molecular flexibility index (Phi) is 5.11. The van der Waals surface area contributed by atoms with Crippen molar-refractivity contribution < 1.29 is 14.3 Å². The zero-order valence-corrected chi connectivity index (χ0v) is 12.8. The molecule has 5 heteroatoms. The highest BCUT2D eigenvalue weighted by molar-refractivity contribution is 7.99. The van der Waals surface area contributed by atoms with E-state index in [0.717, 1.165) is 15.5 Å². The van der Waals surface area contributed by atoms with E-state index in [0.29, 0.717) is 17.9 Å². The minimum atomic E-state index is -0.359. The van der Waals surface area contributed by atoms with E-state index in [1.807, 2.05) is 30.3 Å². The lowest BCUT2D eigenvalue weighted by Gasteiger charge is -2.08. The van der Waals surface area contributed by atoms with Gasteiger partial charge in [0.1, 0.15) is 5.75 Å². The van der Waals surface area contributed by atoms with Crippen LogP contribution in [0.15, 0.2) is 52.3 Å². The zero-order chi connectivity index (χ0) is 15.2. The molecule has 0 amide bonds. The summed E-state index contributed by atoms with van der Waals surface area (Å²) in [7, 11) is 1.63. The molecule has 0 bridgehead atoms. The van der Waals surface area contributed by atoms with Gasteiger partial charge in [-0.15, -0.1) is 0 Å². The van der Waals surface area contributed by atoms with Crippen molar-refractivity contribution in [2.24, 2.45) is 0 Å². The van der Waals surface area contributed by atoms with E-state index in [1.165, 1.54) is 11.8 Å². The first-order valence-electron chi connectivity index (χ1n) is 6.52. The molecule has 0 saturated heterocycles. The molecule has 0 aromatic heterocycles. The monoisotopic (exact) mass is 303 g/mol. The molecule has 2 rings (SSSR count). The van der Waals surface area contributed by atoms with Gasteiger partial charge in [0.05, 0.1) is 19.3 Å². The van der Waals surface area contributed by atoms with Crippen LogP contribution in [0.4, 0.5) is 5.69 Å². The molecule has 21 heavy (non-hydrogen) atoms. The van der Waals surface area contributed by atoms with Crippen LogP contribution in [-0.2, 0) is 4.74 Å². The highest BCUT2D eigenvalue weighted by Crippen LogP contribution is 2.34. The molecule has 2 N–H and O–H groups in total. The van der Waals surface area contributed by atoms with Crippen molar-refractivity contribution in [3.63, 3.8) is 0 Å². The van der Waals surface area contributed by atoms with E-state index < -0.39 is 0 Å². The molecule has 110 valence electrons.